The van der Waals surface area contributed by atoms with Crippen molar-refractivity contribution in [3.05, 3.63) is 23.4 Å². The van der Waals surface area contributed by atoms with Crippen molar-refractivity contribution < 1.29 is 4.79 Å². The van der Waals surface area contributed by atoms with Crippen molar-refractivity contribution in [2.45, 2.75) is 46.5 Å². The predicted octanol–water partition coefficient (Wildman–Crippen LogP) is 3.34. The summed E-state index contributed by atoms with van der Waals surface area (Å²) in [6, 6.07) is 3.77. The Hall–Kier alpha value is -1.58. The molecular weight excluding hydrogens is 250 g/mol. The number of aryl methyl sites for hydroxylation is 1. The van der Waals surface area contributed by atoms with Gasteiger partial charge in [-0.15, -0.1) is 0 Å². The second-order valence-corrected chi connectivity index (χ2v) is 5.09. The molecule has 0 spiro atoms. The fraction of sp³-hybridized carbons (Fsp3) is 0.625. The molecule has 1 heterocycles. The third-order valence-corrected chi connectivity index (χ3v) is 3.24. The van der Waals surface area contributed by atoms with Crippen LogP contribution >= 0.6 is 0 Å². The van der Waals surface area contributed by atoms with Crippen molar-refractivity contribution in [1.29, 1.82) is 0 Å². The molecule has 0 bridgehead atoms. The van der Waals surface area contributed by atoms with Crippen LogP contribution in [-0.2, 0) is 6.42 Å². The highest BCUT2D eigenvalue weighted by atomic mass is 16.2. The first-order valence-corrected chi connectivity index (χ1v) is 7.62. The van der Waals surface area contributed by atoms with E-state index in [-0.39, 0.29) is 5.91 Å². The lowest BCUT2D eigenvalue weighted by molar-refractivity contribution is 0.0793. The molecule has 112 valence electrons. The Bertz CT molecular complexity index is 432. The van der Waals surface area contributed by atoms with Gasteiger partial charge in [0.1, 0.15) is 5.82 Å². The fourth-order valence-corrected chi connectivity index (χ4v) is 1.95. The summed E-state index contributed by atoms with van der Waals surface area (Å²) in [5, 5.41) is 3.26. The Morgan fingerprint density at radius 2 is 2.00 bits per heavy atom. The van der Waals surface area contributed by atoms with E-state index in [0.717, 1.165) is 55.8 Å². The molecule has 4 heteroatoms. The third-order valence-electron chi connectivity index (χ3n) is 3.24. The quantitative estimate of drug-likeness (QED) is 0.792. The van der Waals surface area contributed by atoms with Crippen LogP contribution in [0.3, 0.4) is 0 Å². The molecule has 0 saturated carbocycles. The summed E-state index contributed by atoms with van der Waals surface area (Å²) in [5.74, 6) is 0.883. The van der Waals surface area contributed by atoms with Gasteiger partial charge in [0.05, 0.1) is 0 Å². The lowest BCUT2D eigenvalue weighted by atomic mass is 10.1. The number of amides is 1. The maximum absolute atomic E-state index is 12.4. The lowest BCUT2D eigenvalue weighted by Gasteiger charge is -2.18. The molecule has 0 aliphatic heterocycles. The van der Waals surface area contributed by atoms with E-state index in [4.69, 9.17) is 0 Å². The number of nitrogens with one attached hydrogen (secondary N) is 1. The van der Waals surface area contributed by atoms with Gasteiger partial charge in [0, 0.05) is 31.4 Å². The molecule has 0 aliphatic rings. The Morgan fingerprint density at radius 1 is 1.25 bits per heavy atom. The van der Waals surface area contributed by atoms with Gasteiger partial charge in [-0.05, 0) is 31.4 Å². The number of carbonyl (C=O) groups is 1. The molecule has 1 amide bonds. The first kappa shape index (κ1) is 16.5. The topological polar surface area (TPSA) is 45.2 Å². The van der Waals surface area contributed by atoms with Crippen LogP contribution in [0.1, 0.15) is 56.1 Å². The zero-order valence-corrected chi connectivity index (χ0v) is 13.2. The van der Waals surface area contributed by atoms with Crippen LogP contribution in [0.5, 0.6) is 0 Å². The molecule has 4 nitrogen and oxygen atoms in total. The monoisotopic (exact) mass is 277 g/mol. The summed E-state index contributed by atoms with van der Waals surface area (Å²) in [7, 11) is 1.86. The highest BCUT2D eigenvalue weighted by Crippen LogP contribution is 2.13. The second kappa shape index (κ2) is 8.56. The Balaban J connectivity index is 2.89. The van der Waals surface area contributed by atoms with Crippen LogP contribution < -0.4 is 5.32 Å². The average Bonchev–Trinajstić information content (AvgIpc) is 2.49. The summed E-state index contributed by atoms with van der Waals surface area (Å²) in [5.41, 5.74) is 1.69. The normalized spacial score (nSPS) is 10.4. The van der Waals surface area contributed by atoms with E-state index in [1.165, 1.54) is 0 Å². The lowest BCUT2D eigenvalue weighted by Crippen LogP contribution is -2.28. The number of anilines is 1. The third kappa shape index (κ3) is 4.83. The van der Waals surface area contributed by atoms with Gasteiger partial charge in [-0.1, -0.05) is 27.2 Å². The van der Waals surface area contributed by atoms with Crippen molar-refractivity contribution >= 4 is 11.7 Å². The van der Waals surface area contributed by atoms with Gasteiger partial charge in [-0.3, -0.25) is 4.79 Å². The number of hydrogen-bond donors (Lipinski definition) is 1. The summed E-state index contributed by atoms with van der Waals surface area (Å²) in [6.45, 7) is 7.98. The van der Waals surface area contributed by atoms with Gasteiger partial charge >= 0.3 is 0 Å². The Morgan fingerprint density at radius 3 is 2.60 bits per heavy atom. The molecule has 1 aromatic rings. The molecule has 20 heavy (non-hydrogen) atoms. The van der Waals surface area contributed by atoms with Crippen molar-refractivity contribution in [3.8, 4) is 0 Å². The zero-order valence-electron chi connectivity index (χ0n) is 13.2. The van der Waals surface area contributed by atoms with E-state index in [0.29, 0.717) is 0 Å². The van der Waals surface area contributed by atoms with Gasteiger partial charge in [-0.25, -0.2) is 4.98 Å². The van der Waals surface area contributed by atoms with Crippen molar-refractivity contribution in [2.75, 3.05) is 25.5 Å². The van der Waals surface area contributed by atoms with E-state index >= 15 is 0 Å². The van der Waals surface area contributed by atoms with Crippen LogP contribution in [0.25, 0.3) is 0 Å². The number of unbranched alkanes of at least 4 members (excludes halogenated alkanes) is 1. The standard InChI is InChI=1S/C16H27N3O/c1-5-8-10-19(4)16(20)13-11-14(7-3)18-15(12-13)17-9-6-2/h11-12H,5-10H2,1-4H3,(H,17,18). The number of pyridine rings is 1. The molecule has 0 saturated heterocycles. The van der Waals surface area contributed by atoms with Crippen molar-refractivity contribution in [3.63, 3.8) is 0 Å². The highest BCUT2D eigenvalue weighted by Gasteiger charge is 2.13. The largest absolute Gasteiger partial charge is 0.370 e. The molecule has 0 fully saturated rings. The molecule has 0 atom stereocenters. The van der Waals surface area contributed by atoms with E-state index in [1.807, 2.05) is 19.2 Å². The maximum atomic E-state index is 12.4. The molecule has 1 rings (SSSR count). The zero-order chi connectivity index (χ0) is 15.0. The summed E-state index contributed by atoms with van der Waals surface area (Å²) < 4.78 is 0. The van der Waals surface area contributed by atoms with E-state index in [2.05, 4.69) is 31.1 Å². The number of nitrogens with zero attached hydrogens (tertiary/aromatic N) is 2. The van der Waals surface area contributed by atoms with E-state index in [1.54, 1.807) is 4.90 Å². The van der Waals surface area contributed by atoms with Crippen molar-refractivity contribution in [2.24, 2.45) is 0 Å². The van der Waals surface area contributed by atoms with E-state index in [9.17, 15) is 4.79 Å². The average molecular weight is 277 g/mol. The van der Waals surface area contributed by atoms with Crippen LogP contribution in [-0.4, -0.2) is 35.9 Å². The molecule has 0 unspecified atom stereocenters. The Kier molecular flexibility index (Phi) is 7.05. The van der Waals surface area contributed by atoms with Gasteiger partial charge in [0.25, 0.3) is 5.91 Å². The highest BCUT2D eigenvalue weighted by molar-refractivity contribution is 5.94. The van der Waals surface area contributed by atoms with Crippen LogP contribution in [0.15, 0.2) is 12.1 Å². The SMILES string of the molecule is CCCCN(C)C(=O)c1cc(CC)nc(NCCC)c1. The molecular formula is C16H27N3O. The number of carbonyl (C=O) groups excluding carboxylic acids is 1. The van der Waals surface area contributed by atoms with Crippen LogP contribution in [0, 0.1) is 0 Å². The van der Waals surface area contributed by atoms with Crippen molar-refractivity contribution in [1.82, 2.24) is 9.88 Å². The minimum absolute atomic E-state index is 0.0788. The van der Waals surface area contributed by atoms with Crippen LogP contribution in [0.4, 0.5) is 5.82 Å². The fourth-order valence-electron chi connectivity index (χ4n) is 1.95. The minimum atomic E-state index is 0.0788. The smallest absolute Gasteiger partial charge is 0.253 e. The molecule has 1 aromatic heterocycles. The number of aromatic nitrogens is 1. The van der Waals surface area contributed by atoms with Gasteiger partial charge in [-0.2, -0.15) is 0 Å². The van der Waals surface area contributed by atoms with Gasteiger partial charge < -0.3 is 10.2 Å². The predicted molar refractivity (Wildman–Crippen MR) is 84.3 cm³/mol. The van der Waals surface area contributed by atoms with Gasteiger partial charge in [0.2, 0.25) is 0 Å². The van der Waals surface area contributed by atoms with E-state index < -0.39 is 0 Å². The Labute approximate surface area is 122 Å². The molecule has 0 radical (unpaired) electrons. The summed E-state index contributed by atoms with van der Waals surface area (Å²) in [4.78, 5) is 18.7. The molecule has 0 aromatic carbocycles. The second-order valence-electron chi connectivity index (χ2n) is 5.09. The summed E-state index contributed by atoms with van der Waals surface area (Å²) in [6.07, 6.45) is 4.00. The van der Waals surface area contributed by atoms with Crippen LogP contribution in [0.2, 0.25) is 0 Å². The number of hydrogen-bond acceptors (Lipinski definition) is 3. The molecule has 1 N–H and O–H groups in total. The minimum Gasteiger partial charge on any atom is -0.370 e. The first-order valence-electron chi connectivity index (χ1n) is 7.62. The van der Waals surface area contributed by atoms with Gasteiger partial charge in [0.15, 0.2) is 0 Å². The summed E-state index contributed by atoms with van der Waals surface area (Å²) >= 11 is 0. The maximum Gasteiger partial charge on any atom is 0.253 e. The number of rotatable bonds is 8. The first-order chi connectivity index (χ1) is 9.62. The molecule has 0 aliphatic carbocycles.